The van der Waals surface area contributed by atoms with Gasteiger partial charge in [0, 0.05) is 23.1 Å². The van der Waals surface area contributed by atoms with Crippen LogP contribution in [0.3, 0.4) is 0 Å². The van der Waals surface area contributed by atoms with E-state index in [1.54, 1.807) is 32.2 Å². The highest BCUT2D eigenvalue weighted by molar-refractivity contribution is 7.15. The first-order valence-corrected chi connectivity index (χ1v) is 10.8. The number of thiazole rings is 1. The van der Waals surface area contributed by atoms with Crippen LogP contribution in [-0.4, -0.2) is 39.2 Å². The maximum atomic E-state index is 12.7. The lowest BCUT2D eigenvalue weighted by atomic mass is 10.1. The first kappa shape index (κ1) is 22.6. The molecule has 0 fully saturated rings. The monoisotopic (exact) mass is 439 g/mol. The summed E-state index contributed by atoms with van der Waals surface area (Å²) in [6.45, 7) is 5.69. The maximum Gasteiger partial charge on any atom is 0.333 e. The van der Waals surface area contributed by atoms with Crippen molar-refractivity contribution in [2.24, 2.45) is 0 Å². The Labute approximate surface area is 185 Å². The number of rotatable bonds is 9. The molecule has 8 heteroatoms. The Kier molecular flexibility index (Phi) is 7.49. The van der Waals surface area contributed by atoms with Crippen molar-refractivity contribution in [2.45, 2.75) is 45.9 Å². The molecule has 0 saturated heterocycles. The minimum Gasteiger partial charge on any atom is -0.479 e. The molecule has 2 heterocycles. The molecule has 0 aliphatic heterocycles. The fraction of sp³-hybridized carbons (Fsp3) is 0.304. The van der Waals surface area contributed by atoms with Gasteiger partial charge in [-0.15, -0.1) is 11.3 Å². The van der Waals surface area contributed by atoms with Crippen LogP contribution in [0.2, 0.25) is 0 Å². The molecule has 0 radical (unpaired) electrons. The summed E-state index contributed by atoms with van der Waals surface area (Å²) in [7, 11) is 0. The molecule has 1 unspecified atom stereocenters. The van der Waals surface area contributed by atoms with Crippen LogP contribution >= 0.6 is 11.3 Å². The number of carbonyl (C=O) groups is 2. The summed E-state index contributed by atoms with van der Waals surface area (Å²) in [4.78, 5) is 33.7. The molecular formula is C23H25N3O4S. The number of aromatic nitrogens is 2. The van der Waals surface area contributed by atoms with Gasteiger partial charge in [0.05, 0.1) is 18.3 Å². The summed E-state index contributed by atoms with van der Waals surface area (Å²) in [6, 6.07) is 13.3. The van der Waals surface area contributed by atoms with Crippen LogP contribution in [0.4, 0.5) is 0 Å². The summed E-state index contributed by atoms with van der Waals surface area (Å²) in [5.41, 5.74) is 2.79. The molecule has 1 aromatic carbocycles. The van der Waals surface area contributed by atoms with Crippen LogP contribution in [0.25, 0.3) is 10.6 Å². The fourth-order valence-corrected chi connectivity index (χ4v) is 3.97. The van der Waals surface area contributed by atoms with Crippen LogP contribution in [-0.2, 0) is 22.5 Å². The Morgan fingerprint density at radius 3 is 2.61 bits per heavy atom. The zero-order valence-corrected chi connectivity index (χ0v) is 18.5. The van der Waals surface area contributed by atoms with Gasteiger partial charge in [-0.25, -0.2) is 9.78 Å². The van der Waals surface area contributed by atoms with Gasteiger partial charge in [-0.05, 0) is 38.5 Å². The number of hydrogen-bond donors (Lipinski definition) is 2. The molecule has 162 valence electrons. The van der Waals surface area contributed by atoms with Gasteiger partial charge in [0.1, 0.15) is 10.7 Å². The first-order valence-electron chi connectivity index (χ1n) is 9.96. The lowest BCUT2D eigenvalue weighted by Crippen LogP contribution is -2.29. The second kappa shape index (κ2) is 10.3. The average Bonchev–Trinajstić information content (AvgIpc) is 3.14. The van der Waals surface area contributed by atoms with Gasteiger partial charge in [-0.1, -0.05) is 30.3 Å². The molecule has 7 nitrogen and oxygen atoms in total. The van der Waals surface area contributed by atoms with E-state index in [9.17, 15) is 14.7 Å². The number of hydrogen-bond acceptors (Lipinski definition) is 6. The Morgan fingerprint density at radius 2 is 1.94 bits per heavy atom. The molecule has 0 spiro atoms. The van der Waals surface area contributed by atoms with E-state index in [4.69, 9.17) is 4.74 Å². The molecule has 3 aromatic rings. The zero-order chi connectivity index (χ0) is 22.4. The second-order valence-electron chi connectivity index (χ2n) is 7.34. The topological polar surface area (TPSA) is 101 Å². The molecule has 2 aromatic heterocycles. The molecule has 0 bridgehead atoms. The number of aliphatic carboxylic acids is 1. The standard InChI is InChI=1S/C23H25N3O4S/c1-14(2)30-19(23(28)29)12-16-9-10-24-18(11-16)13-25-21(27)20-15(3)31-22(26-20)17-7-5-4-6-8-17/h4-11,14,19H,12-13H2,1-3H3,(H,25,27)(H,28,29). The Bertz CT molecular complexity index is 1050. The minimum atomic E-state index is -1.01. The summed E-state index contributed by atoms with van der Waals surface area (Å²) in [5, 5.41) is 13.0. The number of amides is 1. The van der Waals surface area contributed by atoms with E-state index in [0.29, 0.717) is 11.4 Å². The molecule has 2 N–H and O–H groups in total. The molecule has 1 amide bonds. The first-order chi connectivity index (χ1) is 14.8. The SMILES string of the molecule is Cc1sc(-c2ccccc2)nc1C(=O)NCc1cc(CC(OC(C)C)C(=O)O)ccn1. The van der Waals surface area contributed by atoms with Crippen LogP contribution < -0.4 is 5.32 Å². The van der Waals surface area contributed by atoms with Crippen molar-refractivity contribution >= 4 is 23.2 Å². The third-order valence-electron chi connectivity index (χ3n) is 4.48. The Morgan fingerprint density at radius 1 is 1.19 bits per heavy atom. The van der Waals surface area contributed by atoms with Crippen LogP contribution in [0, 0.1) is 6.92 Å². The predicted molar refractivity (Wildman–Crippen MR) is 119 cm³/mol. The Hall–Kier alpha value is -3.10. The van der Waals surface area contributed by atoms with Gasteiger partial charge in [0.2, 0.25) is 0 Å². The van der Waals surface area contributed by atoms with Crippen LogP contribution in [0.15, 0.2) is 48.7 Å². The molecule has 31 heavy (non-hydrogen) atoms. The van der Waals surface area contributed by atoms with Gasteiger partial charge in [0.25, 0.3) is 5.91 Å². The minimum absolute atomic E-state index is 0.191. The summed E-state index contributed by atoms with van der Waals surface area (Å²) < 4.78 is 5.47. The Balaban J connectivity index is 1.65. The number of nitrogens with zero attached hydrogens (tertiary/aromatic N) is 2. The normalized spacial score (nSPS) is 12.0. The van der Waals surface area contributed by atoms with E-state index in [1.165, 1.54) is 11.3 Å². The van der Waals surface area contributed by atoms with E-state index >= 15 is 0 Å². The predicted octanol–water partition coefficient (Wildman–Crippen LogP) is 3.86. The van der Waals surface area contributed by atoms with Crippen molar-refractivity contribution in [3.05, 3.63) is 70.5 Å². The van der Waals surface area contributed by atoms with Gasteiger partial charge >= 0.3 is 5.97 Å². The number of carboxylic acids is 1. The summed E-state index contributed by atoms with van der Waals surface area (Å²) in [6.07, 6.45) is 0.706. The highest BCUT2D eigenvalue weighted by atomic mass is 32.1. The van der Waals surface area contributed by atoms with Gasteiger partial charge in [-0.3, -0.25) is 9.78 Å². The van der Waals surface area contributed by atoms with E-state index in [2.05, 4.69) is 15.3 Å². The third kappa shape index (κ3) is 6.19. The highest BCUT2D eigenvalue weighted by Crippen LogP contribution is 2.27. The molecular weight excluding hydrogens is 414 g/mol. The van der Waals surface area contributed by atoms with Crippen molar-refractivity contribution in [1.29, 1.82) is 0 Å². The van der Waals surface area contributed by atoms with Crippen molar-refractivity contribution in [3.63, 3.8) is 0 Å². The number of nitrogens with one attached hydrogen (secondary N) is 1. The lowest BCUT2D eigenvalue weighted by Gasteiger charge is -2.16. The lowest BCUT2D eigenvalue weighted by molar-refractivity contribution is -0.153. The molecule has 3 rings (SSSR count). The van der Waals surface area contributed by atoms with E-state index in [-0.39, 0.29) is 25.0 Å². The highest BCUT2D eigenvalue weighted by Gasteiger charge is 2.21. The molecule has 0 saturated carbocycles. The quantitative estimate of drug-likeness (QED) is 0.525. The molecule has 0 aliphatic carbocycles. The number of ether oxygens (including phenoxy) is 1. The van der Waals surface area contributed by atoms with E-state index in [0.717, 1.165) is 21.0 Å². The van der Waals surface area contributed by atoms with E-state index < -0.39 is 12.1 Å². The van der Waals surface area contributed by atoms with Gasteiger partial charge in [0.15, 0.2) is 6.10 Å². The van der Waals surface area contributed by atoms with E-state index in [1.807, 2.05) is 37.3 Å². The number of benzene rings is 1. The van der Waals surface area contributed by atoms with Crippen LogP contribution in [0.1, 0.15) is 40.5 Å². The van der Waals surface area contributed by atoms with Crippen molar-refractivity contribution in [1.82, 2.24) is 15.3 Å². The number of carboxylic acid groups (broad SMARTS) is 1. The third-order valence-corrected chi connectivity index (χ3v) is 5.50. The largest absolute Gasteiger partial charge is 0.479 e. The van der Waals surface area contributed by atoms with Crippen molar-refractivity contribution in [3.8, 4) is 10.6 Å². The summed E-state index contributed by atoms with van der Waals surface area (Å²) >= 11 is 1.48. The zero-order valence-electron chi connectivity index (χ0n) is 17.7. The van der Waals surface area contributed by atoms with Crippen LogP contribution in [0.5, 0.6) is 0 Å². The van der Waals surface area contributed by atoms with Gasteiger partial charge < -0.3 is 15.2 Å². The van der Waals surface area contributed by atoms with Crippen molar-refractivity contribution < 1.29 is 19.4 Å². The smallest absolute Gasteiger partial charge is 0.333 e. The second-order valence-corrected chi connectivity index (χ2v) is 8.55. The van der Waals surface area contributed by atoms with Crippen molar-refractivity contribution in [2.75, 3.05) is 0 Å². The fourth-order valence-electron chi connectivity index (χ4n) is 3.05. The number of aryl methyl sites for hydroxylation is 1. The molecule has 0 aliphatic rings. The molecule has 1 atom stereocenters. The summed E-state index contributed by atoms with van der Waals surface area (Å²) in [5.74, 6) is -1.27. The maximum absolute atomic E-state index is 12.7. The number of carbonyl (C=O) groups excluding carboxylic acids is 1. The van der Waals surface area contributed by atoms with Gasteiger partial charge in [-0.2, -0.15) is 0 Å². The average molecular weight is 440 g/mol. The number of pyridine rings is 1.